The van der Waals surface area contributed by atoms with Gasteiger partial charge in [0, 0.05) is 12.0 Å². The van der Waals surface area contributed by atoms with Crippen LogP contribution in [-0.4, -0.2) is 31.2 Å². The molecular weight excluding hydrogens is 168 g/mol. The van der Waals surface area contributed by atoms with Gasteiger partial charge in [-0.05, 0) is 25.8 Å². The van der Waals surface area contributed by atoms with Crippen molar-refractivity contribution in [3.8, 4) is 0 Å². The zero-order valence-corrected chi connectivity index (χ0v) is 7.88. The van der Waals surface area contributed by atoms with Gasteiger partial charge >= 0.3 is 5.97 Å². The van der Waals surface area contributed by atoms with Crippen LogP contribution >= 0.6 is 0 Å². The van der Waals surface area contributed by atoms with Crippen molar-refractivity contribution in [1.29, 1.82) is 0 Å². The number of piperidine rings is 1. The number of esters is 1. The fourth-order valence-electron chi connectivity index (χ4n) is 2.45. The Morgan fingerprint density at radius 1 is 1.62 bits per heavy atom. The van der Waals surface area contributed by atoms with Crippen molar-refractivity contribution < 1.29 is 9.53 Å². The summed E-state index contributed by atoms with van der Waals surface area (Å²) < 4.78 is 4.75. The summed E-state index contributed by atoms with van der Waals surface area (Å²) in [7, 11) is 1.41. The molecule has 2 aliphatic rings. The van der Waals surface area contributed by atoms with E-state index in [1.165, 1.54) is 7.11 Å². The normalized spacial score (nSPS) is 43.2. The van der Waals surface area contributed by atoms with E-state index < -0.39 is 5.54 Å². The molecule has 0 aromatic carbocycles. The average molecular weight is 184 g/mol. The summed E-state index contributed by atoms with van der Waals surface area (Å²) >= 11 is 0. The van der Waals surface area contributed by atoms with Crippen LogP contribution in [0.25, 0.3) is 0 Å². The van der Waals surface area contributed by atoms with E-state index in [4.69, 9.17) is 10.5 Å². The summed E-state index contributed by atoms with van der Waals surface area (Å²) in [5.41, 5.74) is 5.36. The summed E-state index contributed by atoms with van der Waals surface area (Å²) in [6.07, 6.45) is 2.88. The minimum Gasteiger partial charge on any atom is -0.468 e. The first-order valence-electron chi connectivity index (χ1n) is 4.79. The van der Waals surface area contributed by atoms with Crippen molar-refractivity contribution in [2.75, 3.05) is 13.7 Å². The van der Waals surface area contributed by atoms with Crippen LogP contribution in [0.15, 0.2) is 0 Å². The van der Waals surface area contributed by atoms with Crippen molar-refractivity contribution in [3.63, 3.8) is 0 Å². The van der Waals surface area contributed by atoms with Crippen LogP contribution in [0.4, 0.5) is 0 Å². The summed E-state index contributed by atoms with van der Waals surface area (Å²) in [5, 5.41) is 3.36. The molecule has 1 saturated heterocycles. The van der Waals surface area contributed by atoms with E-state index in [0.29, 0.717) is 12.5 Å². The second kappa shape index (κ2) is 2.96. The lowest BCUT2D eigenvalue weighted by molar-refractivity contribution is -0.153. The molecule has 2 rings (SSSR count). The Bertz CT molecular complexity index is 232. The van der Waals surface area contributed by atoms with Gasteiger partial charge in [-0.25, -0.2) is 0 Å². The maximum Gasteiger partial charge on any atom is 0.326 e. The van der Waals surface area contributed by atoms with E-state index >= 15 is 0 Å². The van der Waals surface area contributed by atoms with Crippen LogP contribution < -0.4 is 11.1 Å². The van der Waals surface area contributed by atoms with Gasteiger partial charge in [-0.3, -0.25) is 4.79 Å². The van der Waals surface area contributed by atoms with Gasteiger partial charge in [0.05, 0.1) is 7.11 Å². The molecule has 74 valence electrons. The second-order valence-electron chi connectivity index (χ2n) is 4.03. The number of carbonyl (C=O) groups is 1. The molecule has 1 aliphatic carbocycles. The third kappa shape index (κ3) is 1.16. The topological polar surface area (TPSA) is 64.3 Å². The molecule has 0 radical (unpaired) electrons. The molecule has 1 aliphatic heterocycles. The number of nitrogens with one attached hydrogen (secondary N) is 1. The summed E-state index contributed by atoms with van der Waals surface area (Å²) in [6.45, 7) is 0.826. The van der Waals surface area contributed by atoms with E-state index in [9.17, 15) is 4.79 Å². The SMILES string of the molecule is COC(=O)C1(N)CCNC2CCC21. The Labute approximate surface area is 77.8 Å². The van der Waals surface area contributed by atoms with Gasteiger partial charge in [0.2, 0.25) is 0 Å². The maximum atomic E-state index is 11.5. The third-order valence-electron chi connectivity index (χ3n) is 3.45. The van der Waals surface area contributed by atoms with Crippen molar-refractivity contribution in [2.24, 2.45) is 11.7 Å². The number of methoxy groups -OCH3 is 1. The highest BCUT2D eigenvalue weighted by atomic mass is 16.5. The van der Waals surface area contributed by atoms with Gasteiger partial charge in [-0.1, -0.05) is 0 Å². The molecule has 2 fully saturated rings. The molecule has 3 N–H and O–H groups in total. The first kappa shape index (κ1) is 8.97. The van der Waals surface area contributed by atoms with Crippen molar-refractivity contribution in [3.05, 3.63) is 0 Å². The lowest BCUT2D eigenvalue weighted by Crippen LogP contribution is -2.68. The molecule has 3 atom stereocenters. The first-order chi connectivity index (χ1) is 6.18. The van der Waals surface area contributed by atoms with Gasteiger partial charge in [0.25, 0.3) is 0 Å². The van der Waals surface area contributed by atoms with Crippen molar-refractivity contribution >= 4 is 5.97 Å². The first-order valence-corrected chi connectivity index (χ1v) is 4.79. The smallest absolute Gasteiger partial charge is 0.326 e. The second-order valence-corrected chi connectivity index (χ2v) is 4.03. The zero-order chi connectivity index (χ0) is 9.47. The van der Waals surface area contributed by atoms with Crippen molar-refractivity contribution in [1.82, 2.24) is 5.32 Å². The van der Waals surface area contributed by atoms with Crippen LogP contribution in [0.3, 0.4) is 0 Å². The predicted octanol–water partition coefficient (Wildman–Crippen LogP) is -0.371. The van der Waals surface area contributed by atoms with Crippen LogP contribution in [0.2, 0.25) is 0 Å². The minimum atomic E-state index is -0.719. The molecule has 1 heterocycles. The Balaban J connectivity index is 2.15. The number of hydrogen-bond donors (Lipinski definition) is 2. The van der Waals surface area contributed by atoms with E-state index in [0.717, 1.165) is 19.4 Å². The zero-order valence-electron chi connectivity index (χ0n) is 7.88. The predicted molar refractivity (Wildman–Crippen MR) is 48.1 cm³/mol. The molecule has 0 amide bonds. The number of hydrogen-bond acceptors (Lipinski definition) is 4. The van der Waals surface area contributed by atoms with E-state index in [1.54, 1.807) is 0 Å². The fourth-order valence-corrected chi connectivity index (χ4v) is 2.45. The molecule has 4 nitrogen and oxygen atoms in total. The van der Waals surface area contributed by atoms with E-state index in [1.807, 2.05) is 0 Å². The quantitative estimate of drug-likeness (QED) is 0.546. The Kier molecular flexibility index (Phi) is 2.04. The molecular formula is C9H16N2O2. The van der Waals surface area contributed by atoms with Gasteiger partial charge in [-0.15, -0.1) is 0 Å². The molecule has 13 heavy (non-hydrogen) atoms. The molecule has 4 heteroatoms. The standard InChI is InChI=1S/C9H16N2O2/c1-13-8(12)9(10)4-5-11-7-3-2-6(7)9/h6-7,11H,2-5,10H2,1H3. The fraction of sp³-hybridized carbons (Fsp3) is 0.889. The molecule has 0 spiro atoms. The molecule has 0 bridgehead atoms. The highest BCUT2D eigenvalue weighted by molar-refractivity contribution is 5.81. The van der Waals surface area contributed by atoms with Gasteiger partial charge in [0.15, 0.2) is 0 Å². The maximum absolute atomic E-state index is 11.5. The highest BCUT2D eigenvalue weighted by Crippen LogP contribution is 2.40. The van der Waals surface area contributed by atoms with Crippen LogP contribution in [0, 0.1) is 5.92 Å². The van der Waals surface area contributed by atoms with Gasteiger partial charge < -0.3 is 15.8 Å². The summed E-state index contributed by atoms with van der Waals surface area (Å²) in [6, 6.07) is 0.442. The molecule has 0 aromatic rings. The number of carbonyl (C=O) groups excluding carboxylic acids is 1. The van der Waals surface area contributed by atoms with E-state index in [-0.39, 0.29) is 11.9 Å². The highest BCUT2D eigenvalue weighted by Gasteiger charge is 2.52. The monoisotopic (exact) mass is 184 g/mol. The van der Waals surface area contributed by atoms with E-state index in [2.05, 4.69) is 5.32 Å². The van der Waals surface area contributed by atoms with Crippen molar-refractivity contribution in [2.45, 2.75) is 30.8 Å². The van der Waals surface area contributed by atoms with Gasteiger partial charge in [0.1, 0.15) is 5.54 Å². The lowest BCUT2D eigenvalue weighted by Gasteiger charge is -2.50. The third-order valence-corrected chi connectivity index (χ3v) is 3.45. The van der Waals surface area contributed by atoms with Gasteiger partial charge in [-0.2, -0.15) is 0 Å². The molecule has 3 unspecified atom stereocenters. The largest absolute Gasteiger partial charge is 0.468 e. The summed E-state index contributed by atoms with van der Waals surface area (Å²) in [4.78, 5) is 11.5. The summed E-state index contributed by atoms with van der Waals surface area (Å²) in [5.74, 6) is 0.0393. The van der Waals surface area contributed by atoms with Crippen LogP contribution in [-0.2, 0) is 9.53 Å². The Morgan fingerprint density at radius 3 is 2.92 bits per heavy atom. The lowest BCUT2D eigenvalue weighted by atomic mass is 9.64. The molecule has 1 saturated carbocycles. The van der Waals surface area contributed by atoms with Crippen LogP contribution in [0.5, 0.6) is 0 Å². The number of nitrogens with two attached hydrogens (primary N) is 1. The average Bonchev–Trinajstić information content (AvgIpc) is 2.07. The number of fused-ring (bicyclic) bond motifs is 1. The molecule has 0 aromatic heterocycles. The van der Waals surface area contributed by atoms with Crippen LogP contribution in [0.1, 0.15) is 19.3 Å². The minimum absolute atomic E-state index is 0.247. The number of rotatable bonds is 1. The Morgan fingerprint density at radius 2 is 2.38 bits per heavy atom. The number of ether oxygens (including phenoxy) is 1. The Hall–Kier alpha value is -0.610.